The van der Waals surface area contributed by atoms with Crippen molar-refractivity contribution < 1.29 is 23.1 Å². The second-order valence-electron chi connectivity index (χ2n) is 4.13. The van der Waals surface area contributed by atoms with E-state index >= 15 is 0 Å². The molecule has 0 aliphatic carbocycles. The fourth-order valence-corrected chi connectivity index (χ4v) is 3.65. The number of carbonyl (C=O) groups excluding carboxylic acids is 1. The number of carboxylic acids is 1. The molecule has 2 rings (SSSR count). The number of sulfonamides is 1. The van der Waals surface area contributed by atoms with E-state index in [1.54, 1.807) is 6.92 Å². The Labute approximate surface area is 104 Å². The quantitative estimate of drug-likeness (QED) is 0.853. The van der Waals surface area contributed by atoms with Crippen LogP contribution in [0.4, 0.5) is 5.69 Å². The summed E-state index contributed by atoms with van der Waals surface area (Å²) in [5, 5.41) is 8.74. The first-order chi connectivity index (χ1) is 8.33. The van der Waals surface area contributed by atoms with Crippen LogP contribution in [0.3, 0.4) is 0 Å². The SMILES string of the molecule is C[C@H]1CS(=O)(=O)N(c2ccc(C(=O)O)cc2)C1=O. The number of amides is 1. The van der Waals surface area contributed by atoms with E-state index in [9.17, 15) is 18.0 Å². The van der Waals surface area contributed by atoms with E-state index in [0.29, 0.717) is 0 Å². The number of nitrogens with zero attached hydrogens (tertiary/aromatic N) is 1. The highest BCUT2D eigenvalue weighted by Crippen LogP contribution is 2.28. The van der Waals surface area contributed by atoms with E-state index in [1.165, 1.54) is 24.3 Å². The van der Waals surface area contributed by atoms with Crippen LogP contribution in [0.5, 0.6) is 0 Å². The Morgan fingerprint density at radius 1 is 1.33 bits per heavy atom. The van der Waals surface area contributed by atoms with Gasteiger partial charge in [-0.1, -0.05) is 6.92 Å². The molecule has 1 N–H and O–H groups in total. The minimum absolute atomic E-state index is 0.0378. The lowest BCUT2D eigenvalue weighted by Crippen LogP contribution is -2.30. The van der Waals surface area contributed by atoms with Gasteiger partial charge in [0.2, 0.25) is 15.9 Å². The predicted octanol–water partition coefficient (Wildman–Crippen LogP) is 0.697. The lowest BCUT2D eigenvalue weighted by atomic mass is 10.2. The normalized spacial score (nSPS) is 22.2. The molecule has 1 aliphatic heterocycles. The van der Waals surface area contributed by atoms with E-state index in [4.69, 9.17) is 5.11 Å². The smallest absolute Gasteiger partial charge is 0.335 e. The van der Waals surface area contributed by atoms with Crippen LogP contribution in [0, 0.1) is 5.92 Å². The van der Waals surface area contributed by atoms with Gasteiger partial charge in [-0.05, 0) is 24.3 Å². The molecular weight excluding hydrogens is 258 g/mol. The Morgan fingerprint density at radius 3 is 2.28 bits per heavy atom. The monoisotopic (exact) mass is 269 g/mol. The van der Waals surface area contributed by atoms with Gasteiger partial charge in [-0.3, -0.25) is 4.79 Å². The zero-order valence-electron chi connectivity index (χ0n) is 9.53. The summed E-state index contributed by atoms with van der Waals surface area (Å²) < 4.78 is 24.3. The molecule has 1 aromatic rings. The van der Waals surface area contributed by atoms with Gasteiger partial charge in [0.15, 0.2) is 0 Å². The maximum Gasteiger partial charge on any atom is 0.335 e. The van der Waals surface area contributed by atoms with Gasteiger partial charge in [-0.15, -0.1) is 0 Å². The molecule has 1 fully saturated rings. The van der Waals surface area contributed by atoms with Gasteiger partial charge in [0, 0.05) is 0 Å². The van der Waals surface area contributed by atoms with Crippen LogP contribution in [-0.2, 0) is 14.8 Å². The Kier molecular flexibility index (Phi) is 2.86. The molecule has 0 unspecified atom stereocenters. The first kappa shape index (κ1) is 12.6. The molecule has 1 heterocycles. The summed E-state index contributed by atoms with van der Waals surface area (Å²) in [5.74, 6) is -2.38. The van der Waals surface area contributed by atoms with Gasteiger partial charge < -0.3 is 5.11 Å². The minimum atomic E-state index is -3.64. The highest BCUT2D eigenvalue weighted by atomic mass is 32.2. The molecule has 0 bridgehead atoms. The largest absolute Gasteiger partial charge is 0.478 e. The van der Waals surface area contributed by atoms with Crippen molar-refractivity contribution in [3.8, 4) is 0 Å². The van der Waals surface area contributed by atoms with Gasteiger partial charge in [-0.25, -0.2) is 17.5 Å². The fraction of sp³-hybridized carbons (Fsp3) is 0.273. The number of carbonyl (C=O) groups is 2. The van der Waals surface area contributed by atoms with Crippen LogP contribution >= 0.6 is 0 Å². The van der Waals surface area contributed by atoms with E-state index in [2.05, 4.69) is 0 Å². The van der Waals surface area contributed by atoms with Crippen LogP contribution in [0.1, 0.15) is 17.3 Å². The van der Waals surface area contributed by atoms with E-state index in [-0.39, 0.29) is 17.0 Å². The predicted molar refractivity (Wildman–Crippen MR) is 63.8 cm³/mol. The number of aromatic carboxylic acids is 1. The number of hydrogen-bond acceptors (Lipinski definition) is 4. The lowest BCUT2D eigenvalue weighted by Gasteiger charge is -2.15. The maximum atomic E-state index is 11.8. The van der Waals surface area contributed by atoms with Crippen molar-refractivity contribution >= 4 is 27.6 Å². The van der Waals surface area contributed by atoms with Crippen molar-refractivity contribution in [3.05, 3.63) is 29.8 Å². The summed E-state index contributed by atoms with van der Waals surface area (Å²) >= 11 is 0. The van der Waals surface area contributed by atoms with Crippen molar-refractivity contribution in [2.45, 2.75) is 6.92 Å². The number of anilines is 1. The Morgan fingerprint density at radius 2 is 1.89 bits per heavy atom. The Bertz CT molecular complexity index is 605. The molecule has 1 saturated heterocycles. The molecule has 0 spiro atoms. The maximum absolute atomic E-state index is 11.8. The number of benzene rings is 1. The summed E-state index contributed by atoms with van der Waals surface area (Å²) in [7, 11) is -3.64. The van der Waals surface area contributed by atoms with Crippen molar-refractivity contribution in [1.82, 2.24) is 0 Å². The van der Waals surface area contributed by atoms with Crippen LogP contribution in [-0.4, -0.2) is 31.2 Å². The molecule has 18 heavy (non-hydrogen) atoms. The summed E-state index contributed by atoms with van der Waals surface area (Å²) in [6.45, 7) is 1.55. The zero-order valence-corrected chi connectivity index (χ0v) is 10.3. The average Bonchev–Trinajstić information content (AvgIpc) is 2.48. The highest BCUT2D eigenvalue weighted by molar-refractivity contribution is 7.94. The van der Waals surface area contributed by atoms with Crippen LogP contribution in [0.2, 0.25) is 0 Å². The average molecular weight is 269 g/mol. The van der Waals surface area contributed by atoms with Gasteiger partial charge in [-0.2, -0.15) is 0 Å². The fourth-order valence-electron chi connectivity index (χ4n) is 1.83. The third kappa shape index (κ3) is 1.97. The molecule has 6 nitrogen and oxygen atoms in total. The van der Waals surface area contributed by atoms with Gasteiger partial charge >= 0.3 is 5.97 Å². The minimum Gasteiger partial charge on any atom is -0.478 e. The van der Waals surface area contributed by atoms with E-state index in [0.717, 1.165) is 4.31 Å². The molecular formula is C11H11NO5S. The van der Waals surface area contributed by atoms with Crippen molar-refractivity contribution in [3.63, 3.8) is 0 Å². The van der Waals surface area contributed by atoms with Crippen LogP contribution in [0.15, 0.2) is 24.3 Å². The van der Waals surface area contributed by atoms with Crippen LogP contribution in [0.25, 0.3) is 0 Å². The van der Waals surface area contributed by atoms with Crippen molar-refractivity contribution in [2.24, 2.45) is 5.92 Å². The molecule has 1 atom stereocenters. The Balaban J connectivity index is 2.43. The molecule has 1 aromatic carbocycles. The number of carboxylic acid groups (broad SMARTS) is 1. The Hall–Kier alpha value is -1.89. The van der Waals surface area contributed by atoms with Gasteiger partial charge in [0.25, 0.3) is 0 Å². The molecule has 0 radical (unpaired) electrons. The first-order valence-electron chi connectivity index (χ1n) is 5.23. The molecule has 0 aromatic heterocycles. The lowest BCUT2D eigenvalue weighted by molar-refractivity contribution is -0.119. The summed E-state index contributed by atoms with van der Waals surface area (Å²) in [6, 6.07) is 5.17. The second-order valence-corrected chi connectivity index (χ2v) is 6.00. The zero-order chi connectivity index (χ0) is 13.5. The summed E-state index contributed by atoms with van der Waals surface area (Å²) in [6.07, 6.45) is 0. The van der Waals surface area contributed by atoms with Crippen molar-refractivity contribution in [2.75, 3.05) is 10.1 Å². The standard InChI is InChI=1S/C11H11NO5S/c1-7-6-18(16,17)12(10(7)13)9-4-2-8(3-5-9)11(14)15/h2-5,7H,6H2,1H3,(H,14,15)/t7-/m0/s1. The van der Waals surface area contributed by atoms with E-state index in [1.807, 2.05) is 0 Å². The first-order valence-corrected chi connectivity index (χ1v) is 6.84. The molecule has 0 saturated carbocycles. The molecule has 1 amide bonds. The summed E-state index contributed by atoms with van der Waals surface area (Å²) in [5.41, 5.74) is 0.213. The van der Waals surface area contributed by atoms with Crippen LogP contribution < -0.4 is 4.31 Å². The van der Waals surface area contributed by atoms with Gasteiger partial charge in [0.1, 0.15) is 0 Å². The van der Waals surface area contributed by atoms with Gasteiger partial charge in [0.05, 0.1) is 22.9 Å². The third-order valence-corrected chi connectivity index (χ3v) is 4.58. The third-order valence-electron chi connectivity index (χ3n) is 2.71. The number of hydrogen-bond donors (Lipinski definition) is 1. The number of rotatable bonds is 2. The molecule has 96 valence electrons. The molecule has 1 aliphatic rings. The topological polar surface area (TPSA) is 91.8 Å². The molecule has 7 heteroatoms. The van der Waals surface area contributed by atoms with Crippen molar-refractivity contribution in [1.29, 1.82) is 0 Å². The summed E-state index contributed by atoms with van der Waals surface area (Å²) in [4.78, 5) is 22.4. The highest BCUT2D eigenvalue weighted by Gasteiger charge is 2.41. The second kappa shape index (κ2) is 4.09. The van der Waals surface area contributed by atoms with E-state index < -0.39 is 27.8 Å².